The first kappa shape index (κ1) is 15.7. The summed E-state index contributed by atoms with van der Waals surface area (Å²) in [6.45, 7) is 8.23. The van der Waals surface area contributed by atoms with Crippen LogP contribution in [0.3, 0.4) is 0 Å². The van der Waals surface area contributed by atoms with Gasteiger partial charge in [-0.05, 0) is 13.8 Å². The predicted octanol–water partition coefficient (Wildman–Crippen LogP) is 0.510. The second-order valence-electron chi connectivity index (χ2n) is 5.50. The standard InChI is InChI=1S/C14H18O7/c1-5-6-14(20-8(2)15)10(16)12(17)19-11(14)9-7-18-13(3,4)21-9/h5,9,11H,1,6-7H2,2-4H3/t9-,11+,14?/m0/s1. The molecule has 0 N–H and O–H groups in total. The number of ketones is 1. The molecule has 1 unspecified atom stereocenters. The van der Waals surface area contributed by atoms with Gasteiger partial charge in [0.25, 0.3) is 5.78 Å². The fraction of sp³-hybridized carbons (Fsp3) is 0.643. The van der Waals surface area contributed by atoms with Crippen LogP contribution in [0.15, 0.2) is 12.7 Å². The van der Waals surface area contributed by atoms with Crippen LogP contribution in [-0.2, 0) is 33.3 Å². The Kier molecular flexibility index (Phi) is 3.90. The van der Waals surface area contributed by atoms with Crippen LogP contribution in [0.25, 0.3) is 0 Å². The largest absolute Gasteiger partial charge is 0.449 e. The van der Waals surface area contributed by atoms with Crippen LogP contribution in [0, 0.1) is 0 Å². The predicted molar refractivity (Wildman–Crippen MR) is 69.1 cm³/mol. The van der Waals surface area contributed by atoms with E-state index in [9.17, 15) is 14.4 Å². The maximum atomic E-state index is 12.2. The molecule has 0 bridgehead atoms. The smallest absolute Gasteiger partial charge is 0.379 e. The molecule has 3 atom stereocenters. The van der Waals surface area contributed by atoms with Gasteiger partial charge >= 0.3 is 11.9 Å². The van der Waals surface area contributed by atoms with Crippen LogP contribution in [0.2, 0.25) is 0 Å². The summed E-state index contributed by atoms with van der Waals surface area (Å²) in [5.41, 5.74) is -1.74. The summed E-state index contributed by atoms with van der Waals surface area (Å²) in [7, 11) is 0. The van der Waals surface area contributed by atoms with Gasteiger partial charge in [0.1, 0.15) is 6.10 Å². The number of carbonyl (C=O) groups excluding carboxylic acids is 3. The van der Waals surface area contributed by atoms with Gasteiger partial charge in [-0.2, -0.15) is 0 Å². The minimum Gasteiger partial charge on any atom is -0.449 e. The highest BCUT2D eigenvalue weighted by atomic mass is 16.8. The van der Waals surface area contributed by atoms with Gasteiger partial charge in [-0.15, -0.1) is 6.58 Å². The Hall–Kier alpha value is -1.73. The molecule has 0 amide bonds. The molecule has 0 saturated carbocycles. The lowest BCUT2D eigenvalue weighted by Gasteiger charge is -2.32. The molecule has 116 valence electrons. The fourth-order valence-corrected chi connectivity index (χ4v) is 2.63. The van der Waals surface area contributed by atoms with E-state index in [0.717, 1.165) is 6.92 Å². The molecule has 7 nitrogen and oxygen atoms in total. The first-order valence-electron chi connectivity index (χ1n) is 6.59. The van der Waals surface area contributed by atoms with Crippen LogP contribution in [0.1, 0.15) is 27.2 Å². The molecule has 0 aliphatic carbocycles. The van der Waals surface area contributed by atoms with Crippen LogP contribution in [-0.4, -0.2) is 47.9 Å². The quantitative estimate of drug-likeness (QED) is 0.424. The number of hydrogen-bond acceptors (Lipinski definition) is 7. The van der Waals surface area contributed by atoms with Gasteiger partial charge in [-0.25, -0.2) is 4.79 Å². The SMILES string of the molecule is C=CCC1(OC(C)=O)C(=O)C(=O)O[C@@H]1[C@@H]1COC(C)(C)O1. The van der Waals surface area contributed by atoms with E-state index in [1.165, 1.54) is 6.08 Å². The summed E-state index contributed by atoms with van der Waals surface area (Å²) in [5, 5.41) is 0. The Morgan fingerprint density at radius 2 is 2.14 bits per heavy atom. The van der Waals surface area contributed by atoms with E-state index in [1.54, 1.807) is 13.8 Å². The number of cyclic esters (lactones) is 1. The number of esters is 2. The molecule has 21 heavy (non-hydrogen) atoms. The zero-order valence-corrected chi connectivity index (χ0v) is 12.2. The number of rotatable bonds is 4. The molecule has 0 aromatic heterocycles. The molecule has 7 heteroatoms. The average molecular weight is 298 g/mol. The van der Waals surface area contributed by atoms with Gasteiger partial charge in [0.2, 0.25) is 5.60 Å². The summed E-state index contributed by atoms with van der Waals surface area (Å²) < 4.78 is 21.3. The van der Waals surface area contributed by atoms with E-state index in [0.29, 0.717) is 0 Å². The zero-order valence-electron chi connectivity index (χ0n) is 12.2. The third kappa shape index (κ3) is 2.71. The minimum absolute atomic E-state index is 0.0396. The van der Waals surface area contributed by atoms with Crippen molar-refractivity contribution >= 4 is 17.7 Å². The fourth-order valence-electron chi connectivity index (χ4n) is 2.63. The number of Topliss-reactive ketones (excluding diaryl/α,β-unsaturated/α-hetero) is 1. The van der Waals surface area contributed by atoms with Crippen LogP contribution < -0.4 is 0 Å². The van der Waals surface area contributed by atoms with Crippen LogP contribution >= 0.6 is 0 Å². The molecule has 2 aliphatic heterocycles. The van der Waals surface area contributed by atoms with Crippen molar-refractivity contribution in [2.45, 2.75) is 50.8 Å². The third-order valence-corrected chi connectivity index (χ3v) is 3.40. The van der Waals surface area contributed by atoms with Gasteiger partial charge < -0.3 is 18.9 Å². The highest BCUT2D eigenvalue weighted by Crippen LogP contribution is 2.38. The molecule has 2 fully saturated rings. The molecule has 2 heterocycles. The van der Waals surface area contributed by atoms with Crippen molar-refractivity contribution < 1.29 is 33.3 Å². The van der Waals surface area contributed by atoms with Crippen LogP contribution in [0.4, 0.5) is 0 Å². The maximum absolute atomic E-state index is 12.2. The molecule has 0 aromatic rings. The van der Waals surface area contributed by atoms with Crippen molar-refractivity contribution in [3.8, 4) is 0 Å². The topological polar surface area (TPSA) is 88.1 Å². The van der Waals surface area contributed by atoms with E-state index in [4.69, 9.17) is 18.9 Å². The van der Waals surface area contributed by atoms with E-state index in [2.05, 4.69) is 6.58 Å². The number of carbonyl (C=O) groups is 3. The van der Waals surface area contributed by atoms with Crippen molar-refractivity contribution in [1.82, 2.24) is 0 Å². The van der Waals surface area contributed by atoms with Gasteiger partial charge in [-0.1, -0.05) is 6.08 Å². The highest BCUT2D eigenvalue weighted by molar-refractivity contribution is 6.39. The summed E-state index contributed by atoms with van der Waals surface area (Å²) in [4.78, 5) is 35.2. The van der Waals surface area contributed by atoms with E-state index in [1.807, 2.05) is 0 Å². The van der Waals surface area contributed by atoms with Crippen molar-refractivity contribution in [3.63, 3.8) is 0 Å². The molecule has 0 spiro atoms. The Bertz CT molecular complexity index is 496. The highest BCUT2D eigenvalue weighted by Gasteiger charge is 2.63. The molecular weight excluding hydrogens is 280 g/mol. The first-order valence-corrected chi connectivity index (χ1v) is 6.59. The van der Waals surface area contributed by atoms with Crippen LogP contribution in [0.5, 0.6) is 0 Å². The van der Waals surface area contributed by atoms with Crippen molar-refractivity contribution in [2.24, 2.45) is 0 Å². The molecule has 0 aromatic carbocycles. The first-order chi connectivity index (χ1) is 9.72. The Morgan fingerprint density at radius 1 is 1.48 bits per heavy atom. The van der Waals surface area contributed by atoms with Gasteiger partial charge in [-0.3, -0.25) is 9.59 Å². The summed E-state index contributed by atoms with van der Waals surface area (Å²) in [6.07, 6.45) is -0.394. The number of ether oxygens (including phenoxy) is 4. The molecular formula is C14H18O7. The maximum Gasteiger partial charge on any atom is 0.379 e. The lowest BCUT2D eigenvalue weighted by atomic mass is 9.87. The Labute approximate surface area is 122 Å². The number of hydrogen-bond donors (Lipinski definition) is 0. The summed E-state index contributed by atoms with van der Waals surface area (Å²) in [5.74, 6) is -3.50. The lowest BCUT2D eigenvalue weighted by Crippen LogP contribution is -2.53. The van der Waals surface area contributed by atoms with E-state index >= 15 is 0 Å². The lowest BCUT2D eigenvalue weighted by molar-refractivity contribution is -0.187. The second-order valence-corrected chi connectivity index (χ2v) is 5.50. The van der Waals surface area contributed by atoms with Gasteiger partial charge in [0, 0.05) is 13.3 Å². The minimum atomic E-state index is -1.74. The van der Waals surface area contributed by atoms with Crippen molar-refractivity contribution in [3.05, 3.63) is 12.7 Å². The third-order valence-electron chi connectivity index (χ3n) is 3.40. The Balaban J connectivity index is 2.36. The second kappa shape index (κ2) is 5.23. The zero-order chi connectivity index (χ0) is 15.8. The van der Waals surface area contributed by atoms with E-state index < -0.39 is 41.3 Å². The van der Waals surface area contributed by atoms with E-state index in [-0.39, 0.29) is 13.0 Å². The molecule has 0 radical (unpaired) electrons. The summed E-state index contributed by atoms with van der Waals surface area (Å²) in [6, 6.07) is 0. The molecule has 2 saturated heterocycles. The van der Waals surface area contributed by atoms with Gasteiger partial charge in [0.05, 0.1) is 6.61 Å². The summed E-state index contributed by atoms with van der Waals surface area (Å²) >= 11 is 0. The van der Waals surface area contributed by atoms with Crippen molar-refractivity contribution in [1.29, 1.82) is 0 Å². The molecule has 2 rings (SSSR count). The normalized spacial score (nSPS) is 34.6. The monoisotopic (exact) mass is 298 g/mol. The Morgan fingerprint density at radius 3 is 2.62 bits per heavy atom. The average Bonchev–Trinajstić information content (AvgIpc) is 2.83. The van der Waals surface area contributed by atoms with Crippen molar-refractivity contribution in [2.75, 3.05) is 6.61 Å². The van der Waals surface area contributed by atoms with Gasteiger partial charge in [0.15, 0.2) is 11.9 Å². The molecule has 2 aliphatic rings.